The predicted octanol–water partition coefficient (Wildman–Crippen LogP) is 3.18. The monoisotopic (exact) mass is 394 g/mol. The maximum absolute atomic E-state index is 12.4. The van der Waals surface area contributed by atoms with E-state index < -0.39 is 23.8 Å². The van der Waals surface area contributed by atoms with Gasteiger partial charge in [-0.2, -0.15) is 0 Å². The van der Waals surface area contributed by atoms with Crippen LogP contribution in [0.5, 0.6) is 0 Å². The summed E-state index contributed by atoms with van der Waals surface area (Å²) in [5.74, 6) is -2.67. The highest BCUT2D eigenvalue weighted by molar-refractivity contribution is 6.28. The lowest BCUT2D eigenvalue weighted by molar-refractivity contribution is -0.140. The van der Waals surface area contributed by atoms with Gasteiger partial charge in [-0.1, -0.05) is 36.4 Å². The van der Waals surface area contributed by atoms with Crippen LogP contribution in [0.1, 0.15) is 37.8 Å². The van der Waals surface area contributed by atoms with Gasteiger partial charge < -0.3 is 14.6 Å². The Morgan fingerprint density at radius 3 is 2.27 bits per heavy atom. The van der Waals surface area contributed by atoms with Crippen molar-refractivity contribution in [3.8, 4) is 0 Å². The summed E-state index contributed by atoms with van der Waals surface area (Å²) in [5, 5.41) is 14.3. The molecule has 142 valence electrons. The maximum atomic E-state index is 12.4. The Morgan fingerprint density at radius 2 is 1.50 bits per heavy atom. The number of allylic oxidation sites excluding steroid dienone is 3. The van der Waals surface area contributed by atoms with Crippen LogP contribution in [0.4, 0.5) is 0 Å². The van der Waals surface area contributed by atoms with Crippen LogP contribution in [-0.4, -0.2) is 23.0 Å². The van der Waals surface area contributed by atoms with Gasteiger partial charge >= 0.3 is 17.9 Å². The molecule has 1 N–H and O–H groups in total. The van der Waals surface area contributed by atoms with Crippen molar-refractivity contribution in [2.75, 3.05) is 0 Å². The minimum absolute atomic E-state index is 0.362. The van der Waals surface area contributed by atoms with E-state index in [1.807, 2.05) is 24.3 Å². The Bertz CT molecular complexity index is 1580. The molecule has 6 heteroatoms. The van der Waals surface area contributed by atoms with E-state index >= 15 is 0 Å². The molecule has 2 aliphatic heterocycles. The predicted molar refractivity (Wildman–Crippen MR) is 106 cm³/mol. The van der Waals surface area contributed by atoms with E-state index in [0.29, 0.717) is 27.7 Å². The van der Waals surface area contributed by atoms with Crippen LogP contribution in [0, 0.1) is 0 Å². The fraction of sp³-hybridized carbons (Fsp3) is 0.0417. The molecule has 3 aromatic carbocycles. The van der Waals surface area contributed by atoms with Gasteiger partial charge in [-0.15, -0.1) is 0 Å². The maximum Gasteiger partial charge on any atom is 0.346 e. The molecule has 1 atom stereocenters. The van der Waals surface area contributed by atoms with E-state index in [-0.39, 0.29) is 5.95 Å². The number of hydrogen-bond acceptors (Lipinski definition) is 6. The first kappa shape index (κ1) is 15.7. The minimum atomic E-state index is -0.653. The minimum Gasteiger partial charge on any atom is -0.480 e. The summed E-state index contributed by atoms with van der Waals surface area (Å²) < 4.78 is 9.89. The molecule has 0 saturated carbocycles. The molecule has 30 heavy (non-hydrogen) atoms. The van der Waals surface area contributed by atoms with E-state index in [1.54, 1.807) is 24.3 Å². The third kappa shape index (κ3) is 1.61. The van der Waals surface area contributed by atoms with E-state index in [0.717, 1.165) is 32.5 Å². The van der Waals surface area contributed by atoms with Crippen molar-refractivity contribution in [3.05, 3.63) is 81.0 Å². The molecule has 0 spiro atoms. The molecule has 1 unspecified atom stereocenters. The normalized spacial score (nSPS) is 20.7. The van der Waals surface area contributed by atoms with E-state index in [4.69, 9.17) is 9.47 Å². The van der Waals surface area contributed by atoms with Crippen LogP contribution >= 0.6 is 0 Å². The first-order valence-electron chi connectivity index (χ1n) is 9.41. The molecule has 7 rings (SSSR count). The number of aliphatic hydroxyl groups is 1. The summed E-state index contributed by atoms with van der Waals surface area (Å²) in [6, 6.07) is 7.04. The highest BCUT2D eigenvalue weighted by atomic mass is 16.6. The number of benzene rings is 3. The van der Waals surface area contributed by atoms with Crippen LogP contribution in [-0.2, 0) is 14.3 Å². The van der Waals surface area contributed by atoms with Gasteiger partial charge in [0.1, 0.15) is 0 Å². The molecule has 0 saturated heterocycles. The third-order valence-electron chi connectivity index (χ3n) is 6.39. The molecule has 0 amide bonds. The second-order valence-corrected chi connectivity index (χ2v) is 7.69. The molecule has 2 heterocycles. The number of aliphatic hydroxyl groups excluding tert-OH is 1. The van der Waals surface area contributed by atoms with Crippen LogP contribution in [0.3, 0.4) is 0 Å². The Labute approximate surface area is 168 Å². The summed E-state index contributed by atoms with van der Waals surface area (Å²) in [6.07, 6.45) is 7.21. The fourth-order valence-corrected chi connectivity index (χ4v) is 5.19. The van der Waals surface area contributed by atoms with E-state index in [1.165, 1.54) is 0 Å². The van der Waals surface area contributed by atoms with Crippen LogP contribution in [0.2, 0.25) is 0 Å². The number of fused-ring (bicyclic) bond motifs is 2. The van der Waals surface area contributed by atoms with E-state index in [9.17, 15) is 19.5 Å². The molecule has 3 aromatic rings. The standard InChI is InChI=1S/C24H10O6/c25-21-13-5-1-9-10-2-6-15-20-16(24(28)30-23(15)27)8-4-12(18(10)20)11-3-7-14(22(26)29-21)19(13)17(9)11/h1-8,19,25H. The lowest BCUT2D eigenvalue weighted by atomic mass is 9.72. The van der Waals surface area contributed by atoms with Crippen LogP contribution in [0.15, 0.2) is 53.5 Å². The van der Waals surface area contributed by atoms with Crippen LogP contribution in [0.25, 0.3) is 33.7 Å². The number of cyclic esters (lactones) is 3. The lowest BCUT2D eigenvalue weighted by Gasteiger charge is -2.33. The van der Waals surface area contributed by atoms with Crippen molar-refractivity contribution in [2.24, 2.45) is 0 Å². The summed E-state index contributed by atoms with van der Waals surface area (Å²) in [7, 11) is 0. The van der Waals surface area contributed by atoms with Crippen molar-refractivity contribution in [1.82, 2.24) is 0 Å². The summed E-state index contributed by atoms with van der Waals surface area (Å²) in [4.78, 5) is 37.1. The Balaban J connectivity index is 1.75. The zero-order valence-electron chi connectivity index (χ0n) is 15.2. The number of ether oxygens (including phenoxy) is 2. The molecule has 0 aromatic heterocycles. The van der Waals surface area contributed by atoms with Gasteiger partial charge in [0.25, 0.3) is 5.95 Å². The van der Waals surface area contributed by atoms with Crippen molar-refractivity contribution in [3.63, 3.8) is 0 Å². The van der Waals surface area contributed by atoms with Gasteiger partial charge in [-0.3, -0.25) is 0 Å². The second kappa shape index (κ2) is 4.86. The first-order chi connectivity index (χ1) is 14.5. The molecule has 6 nitrogen and oxygen atoms in total. The van der Waals surface area contributed by atoms with Gasteiger partial charge in [0.15, 0.2) is 0 Å². The van der Waals surface area contributed by atoms with Gasteiger partial charge in [0.05, 0.1) is 11.1 Å². The summed E-state index contributed by atoms with van der Waals surface area (Å²) >= 11 is 0. The van der Waals surface area contributed by atoms with Gasteiger partial charge in [-0.25, -0.2) is 14.4 Å². The molecule has 0 bridgehead atoms. The second-order valence-electron chi connectivity index (χ2n) is 7.69. The van der Waals surface area contributed by atoms with Crippen molar-refractivity contribution < 1.29 is 29.0 Å². The topological polar surface area (TPSA) is 89.9 Å². The third-order valence-corrected chi connectivity index (χ3v) is 6.39. The molecule has 0 radical (unpaired) electrons. The quantitative estimate of drug-likeness (QED) is 0.465. The van der Waals surface area contributed by atoms with Gasteiger partial charge in [-0.05, 0) is 44.6 Å². The highest BCUT2D eigenvalue weighted by Gasteiger charge is 2.40. The number of carbonyl (C=O) groups is 3. The number of carbonyl (C=O) groups excluding carboxylic acids is 3. The van der Waals surface area contributed by atoms with E-state index in [2.05, 4.69) is 0 Å². The van der Waals surface area contributed by atoms with Crippen LogP contribution < -0.4 is 5.22 Å². The zero-order chi connectivity index (χ0) is 20.3. The summed E-state index contributed by atoms with van der Waals surface area (Å²) in [6.45, 7) is 0. The average molecular weight is 394 g/mol. The van der Waals surface area contributed by atoms with Crippen molar-refractivity contribution >= 4 is 51.6 Å². The van der Waals surface area contributed by atoms with Gasteiger partial charge in [0.2, 0.25) is 0 Å². The largest absolute Gasteiger partial charge is 0.480 e. The zero-order valence-corrected chi connectivity index (χ0v) is 15.2. The van der Waals surface area contributed by atoms with Crippen molar-refractivity contribution in [1.29, 1.82) is 0 Å². The smallest absolute Gasteiger partial charge is 0.346 e. The number of esters is 3. The molecule has 4 aliphatic rings. The van der Waals surface area contributed by atoms with Gasteiger partial charge in [0, 0.05) is 22.5 Å². The molecule has 2 aliphatic carbocycles. The first-order valence-corrected chi connectivity index (χ1v) is 9.41. The highest BCUT2D eigenvalue weighted by Crippen LogP contribution is 2.47. The fourth-order valence-electron chi connectivity index (χ4n) is 5.19. The number of rotatable bonds is 0. The average Bonchev–Trinajstić information content (AvgIpc) is 2.74. The molecule has 0 fully saturated rings. The molecular formula is C24H10O6. The Kier molecular flexibility index (Phi) is 2.54. The Morgan fingerprint density at radius 1 is 0.767 bits per heavy atom. The molecular weight excluding hydrogens is 384 g/mol. The summed E-state index contributed by atoms with van der Waals surface area (Å²) in [5.41, 5.74) is 3.54. The lowest BCUT2D eigenvalue weighted by Crippen LogP contribution is -2.32. The van der Waals surface area contributed by atoms with Crippen molar-refractivity contribution in [2.45, 2.75) is 5.92 Å². The Hall–Kier alpha value is -4.19. The SMILES string of the molecule is O=C1OC(O)=C2C=Cc3c4c(c5ccc6c7c(ccc3c75)C(=O)OC6=O)=CC=C1C24. The number of hydrogen-bond donors (Lipinski definition) is 1.